The van der Waals surface area contributed by atoms with E-state index in [1.54, 1.807) is 37.4 Å². The fraction of sp³-hybridized carbons (Fsp3) is 0.321. The topological polar surface area (TPSA) is 75.7 Å². The van der Waals surface area contributed by atoms with Gasteiger partial charge in [-0.15, -0.1) is 0 Å². The van der Waals surface area contributed by atoms with Gasteiger partial charge in [-0.05, 0) is 79.3 Å². The summed E-state index contributed by atoms with van der Waals surface area (Å²) in [6, 6.07) is 19.1. The van der Waals surface area contributed by atoms with Gasteiger partial charge in [0.15, 0.2) is 0 Å². The summed E-state index contributed by atoms with van der Waals surface area (Å²) in [6.45, 7) is 9.56. The molecule has 3 aromatic rings. The van der Waals surface area contributed by atoms with Gasteiger partial charge >= 0.3 is 0 Å². The summed E-state index contributed by atoms with van der Waals surface area (Å²) >= 11 is 0. The van der Waals surface area contributed by atoms with Gasteiger partial charge in [-0.1, -0.05) is 50.2 Å². The molecule has 3 aromatic carbocycles. The van der Waals surface area contributed by atoms with E-state index in [1.807, 2.05) is 39.0 Å². The number of carbonyl (C=O) groups excluding carboxylic acids is 1. The van der Waals surface area contributed by atoms with Gasteiger partial charge in [0.2, 0.25) is 5.91 Å². The number of ether oxygens (including phenoxy) is 1. The molecule has 0 aromatic heterocycles. The molecule has 0 fully saturated rings. The molecule has 6 nitrogen and oxygen atoms in total. The molecule has 7 heteroatoms. The van der Waals surface area contributed by atoms with Crippen LogP contribution < -0.4 is 14.4 Å². The van der Waals surface area contributed by atoms with Crippen molar-refractivity contribution in [1.29, 1.82) is 0 Å². The lowest BCUT2D eigenvalue weighted by molar-refractivity contribution is -0.120. The Morgan fingerprint density at radius 2 is 1.54 bits per heavy atom. The molecule has 1 atom stereocenters. The number of nitrogens with one attached hydrogen (secondary N) is 1. The van der Waals surface area contributed by atoms with Gasteiger partial charge in [-0.25, -0.2) is 8.42 Å². The molecule has 1 N–H and O–H groups in total. The number of aryl methyl sites for hydroxylation is 2. The van der Waals surface area contributed by atoms with Crippen molar-refractivity contribution >= 4 is 21.6 Å². The lowest BCUT2D eigenvalue weighted by Crippen LogP contribution is -2.42. The van der Waals surface area contributed by atoms with E-state index in [9.17, 15) is 13.2 Å². The molecule has 0 saturated heterocycles. The van der Waals surface area contributed by atoms with Gasteiger partial charge in [0.25, 0.3) is 10.0 Å². The second-order valence-electron chi connectivity index (χ2n) is 9.01. The quantitative estimate of drug-likeness (QED) is 0.426. The maximum absolute atomic E-state index is 13.6. The minimum Gasteiger partial charge on any atom is -0.496 e. The largest absolute Gasteiger partial charge is 0.496 e. The van der Waals surface area contributed by atoms with Crippen LogP contribution in [-0.2, 0) is 14.8 Å². The first-order chi connectivity index (χ1) is 16.6. The predicted octanol–water partition coefficient (Wildman–Crippen LogP) is 5.51. The standard InChI is InChI=1S/C28H34N2O4S/c1-19(2)24-17-25(21(4)16-27(24)34-6)22(5)29-28(31)18-30(26-15-11-10-12-20(26)3)35(32,33)23-13-8-7-9-14-23/h7-17,19,22H,18H2,1-6H3,(H,29,31). The van der Waals surface area contributed by atoms with Crippen molar-refractivity contribution in [1.82, 2.24) is 5.32 Å². The molecule has 0 bridgehead atoms. The predicted molar refractivity (Wildman–Crippen MR) is 141 cm³/mol. The maximum atomic E-state index is 13.6. The Balaban J connectivity index is 1.92. The van der Waals surface area contributed by atoms with Gasteiger partial charge in [0.05, 0.1) is 23.7 Å². The highest BCUT2D eigenvalue weighted by Crippen LogP contribution is 2.32. The van der Waals surface area contributed by atoms with Crippen molar-refractivity contribution in [3.63, 3.8) is 0 Å². The van der Waals surface area contributed by atoms with Crippen LogP contribution in [0.3, 0.4) is 0 Å². The Kier molecular flexibility index (Phi) is 8.22. The number of carbonyl (C=O) groups is 1. The van der Waals surface area contributed by atoms with E-state index >= 15 is 0 Å². The van der Waals surface area contributed by atoms with Crippen LogP contribution in [0.5, 0.6) is 5.75 Å². The highest BCUT2D eigenvalue weighted by atomic mass is 32.2. The number of amides is 1. The van der Waals surface area contributed by atoms with Crippen LogP contribution in [0.15, 0.2) is 71.6 Å². The van der Waals surface area contributed by atoms with Gasteiger partial charge in [0, 0.05) is 0 Å². The molecule has 0 spiro atoms. The molecule has 35 heavy (non-hydrogen) atoms. The van der Waals surface area contributed by atoms with E-state index in [-0.39, 0.29) is 29.3 Å². The third-order valence-electron chi connectivity index (χ3n) is 6.09. The average Bonchev–Trinajstić information content (AvgIpc) is 2.83. The molecular formula is C28H34N2O4S. The Bertz CT molecular complexity index is 1290. The van der Waals surface area contributed by atoms with Crippen LogP contribution in [-0.4, -0.2) is 28.0 Å². The highest BCUT2D eigenvalue weighted by molar-refractivity contribution is 7.92. The molecule has 0 radical (unpaired) electrons. The van der Waals surface area contributed by atoms with E-state index in [1.165, 1.54) is 16.4 Å². The van der Waals surface area contributed by atoms with Gasteiger partial charge in [-0.3, -0.25) is 9.10 Å². The summed E-state index contributed by atoms with van der Waals surface area (Å²) in [6.07, 6.45) is 0. The van der Waals surface area contributed by atoms with E-state index in [2.05, 4.69) is 25.2 Å². The van der Waals surface area contributed by atoms with E-state index in [0.717, 1.165) is 28.0 Å². The van der Waals surface area contributed by atoms with Crippen molar-refractivity contribution in [2.45, 2.75) is 51.5 Å². The van der Waals surface area contributed by atoms with Crippen molar-refractivity contribution < 1.29 is 17.9 Å². The number of nitrogens with zero attached hydrogens (tertiary/aromatic N) is 1. The third kappa shape index (κ3) is 5.85. The number of sulfonamides is 1. The fourth-order valence-corrected chi connectivity index (χ4v) is 5.67. The molecule has 186 valence electrons. The van der Waals surface area contributed by atoms with Crippen LogP contribution >= 0.6 is 0 Å². The van der Waals surface area contributed by atoms with Crippen molar-refractivity contribution in [3.8, 4) is 5.75 Å². The fourth-order valence-electron chi connectivity index (χ4n) is 4.17. The van der Waals surface area contributed by atoms with Crippen LogP contribution in [0.2, 0.25) is 0 Å². The van der Waals surface area contributed by atoms with Gasteiger partial charge in [-0.2, -0.15) is 0 Å². The minimum absolute atomic E-state index is 0.136. The first-order valence-electron chi connectivity index (χ1n) is 11.7. The maximum Gasteiger partial charge on any atom is 0.264 e. The average molecular weight is 495 g/mol. The van der Waals surface area contributed by atoms with Gasteiger partial charge in [0.1, 0.15) is 12.3 Å². The first-order valence-corrected chi connectivity index (χ1v) is 13.1. The van der Waals surface area contributed by atoms with E-state index < -0.39 is 10.0 Å². The Morgan fingerprint density at radius 1 is 0.914 bits per heavy atom. The zero-order valence-electron chi connectivity index (χ0n) is 21.2. The molecular weight excluding hydrogens is 460 g/mol. The zero-order chi connectivity index (χ0) is 25.8. The van der Waals surface area contributed by atoms with Gasteiger partial charge < -0.3 is 10.1 Å². The molecule has 0 heterocycles. The molecule has 0 aliphatic heterocycles. The lowest BCUT2D eigenvalue weighted by atomic mass is 9.93. The summed E-state index contributed by atoms with van der Waals surface area (Å²) < 4.78 is 33.8. The summed E-state index contributed by atoms with van der Waals surface area (Å²) in [4.78, 5) is 13.3. The summed E-state index contributed by atoms with van der Waals surface area (Å²) in [5.74, 6) is 0.681. The Morgan fingerprint density at radius 3 is 2.14 bits per heavy atom. The first kappa shape index (κ1) is 26.3. The highest BCUT2D eigenvalue weighted by Gasteiger charge is 2.28. The molecule has 1 amide bonds. The smallest absolute Gasteiger partial charge is 0.264 e. The van der Waals surface area contributed by atoms with Crippen LogP contribution in [0.25, 0.3) is 0 Å². The second kappa shape index (κ2) is 11.0. The lowest BCUT2D eigenvalue weighted by Gasteiger charge is -2.27. The number of benzene rings is 3. The van der Waals surface area contributed by atoms with Crippen LogP contribution in [0, 0.1) is 13.8 Å². The molecule has 0 aliphatic rings. The summed E-state index contributed by atoms with van der Waals surface area (Å²) in [5, 5.41) is 3.00. The van der Waals surface area contributed by atoms with E-state index in [0.29, 0.717) is 5.69 Å². The normalized spacial score (nSPS) is 12.3. The van der Waals surface area contributed by atoms with Crippen molar-refractivity contribution in [2.24, 2.45) is 0 Å². The number of methoxy groups -OCH3 is 1. The number of rotatable bonds is 9. The van der Waals surface area contributed by atoms with Crippen LogP contribution in [0.4, 0.5) is 5.69 Å². The Labute approximate surface area is 209 Å². The Hall–Kier alpha value is -3.32. The molecule has 3 rings (SSSR count). The summed E-state index contributed by atoms with van der Waals surface area (Å²) in [7, 11) is -2.30. The molecule has 0 saturated carbocycles. The second-order valence-corrected chi connectivity index (χ2v) is 10.9. The number of hydrogen-bond donors (Lipinski definition) is 1. The molecule has 1 unspecified atom stereocenters. The zero-order valence-corrected chi connectivity index (χ0v) is 22.0. The minimum atomic E-state index is -3.95. The van der Waals surface area contributed by atoms with Crippen molar-refractivity contribution in [3.05, 3.63) is 89.0 Å². The number of hydrogen-bond acceptors (Lipinski definition) is 4. The number of para-hydroxylation sites is 1. The third-order valence-corrected chi connectivity index (χ3v) is 7.86. The van der Waals surface area contributed by atoms with E-state index in [4.69, 9.17) is 4.74 Å². The molecule has 0 aliphatic carbocycles. The SMILES string of the molecule is COc1cc(C)c(C(C)NC(=O)CN(c2ccccc2C)S(=O)(=O)c2ccccc2)cc1C(C)C. The van der Waals surface area contributed by atoms with Crippen LogP contribution in [0.1, 0.15) is 55.0 Å². The summed E-state index contributed by atoms with van der Waals surface area (Å²) in [5.41, 5.74) is 4.26. The monoisotopic (exact) mass is 494 g/mol. The van der Waals surface area contributed by atoms with Crippen molar-refractivity contribution in [2.75, 3.05) is 18.0 Å². The number of anilines is 1.